The van der Waals surface area contributed by atoms with Gasteiger partial charge in [-0.2, -0.15) is 0 Å². The Morgan fingerprint density at radius 3 is 1.61 bits per heavy atom. The summed E-state index contributed by atoms with van der Waals surface area (Å²) in [5.41, 5.74) is 12.3. The maximum Gasteiger partial charge on any atom is 0.167 e. The molecule has 11 rings (SSSR count). The van der Waals surface area contributed by atoms with E-state index in [1.807, 2.05) is 72.8 Å². The summed E-state index contributed by atoms with van der Waals surface area (Å²) in [7, 11) is 0. The summed E-state index contributed by atoms with van der Waals surface area (Å²) in [5, 5.41) is 4.49. The van der Waals surface area contributed by atoms with Crippen LogP contribution in [0.5, 0.6) is 0 Å². The number of benzene rings is 8. The van der Waals surface area contributed by atoms with Crippen LogP contribution < -0.4 is 0 Å². The first-order valence-electron chi connectivity index (χ1n) is 18.8. The van der Waals surface area contributed by atoms with Gasteiger partial charge in [-0.1, -0.05) is 158 Å². The SMILES string of the molecule is c1ccc(-c2ccc(-n3c4ccccc4c4ccc(-c5cccc6oc7c(-c8nc(-c9ccccc9)nc(-c9ccccc9)n8)cccc7c56)cc43)cc2)cc1. The lowest BCUT2D eigenvalue weighted by molar-refractivity contribution is 0.669. The van der Waals surface area contributed by atoms with Crippen LogP contribution in [0.3, 0.4) is 0 Å². The molecule has 0 unspecified atom stereocenters. The van der Waals surface area contributed by atoms with Gasteiger partial charge in [-0.15, -0.1) is 0 Å². The first-order chi connectivity index (χ1) is 27.8. The predicted molar refractivity (Wildman–Crippen MR) is 229 cm³/mol. The molecule has 0 radical (unpaired) electrons. The maximum atomic E-state index is 6.76. The predicted octanol–water partition coefficient (Wildman–Crippen LogP) is 13.2. The second-order valence-corrected chi connectivity index (χ2v) is 14.0. The first kappa shape index (κ1) is 31.9. The van der Waals surface area contributed by atoms with E-state index >= 15 is 0 Å². The highest BCUT2D eigenvalue weighted by Gasteiger charge is 2.20. The molecule has 0 spiro atoms. The van der Waals surface area contributed by atoms with Crippen LogP contribution in [-0.4, -0.2) is 19.5 Å². The maximum absolute atomic E-state index is 6.76. The Morgan fingerprint density at radius 2 is 0.893 bits per heavy atom. The fourth-order valence-electron chi connectivity index (χ4n) is 8.04. The highest BCUT2D eigenvalue weighted by Crippen LogP contribution is 2.42. The van der Waals surface area contributed by atoms with E-state index in [0.717, 1.165) is 61.0 Å². The molecule has 0 aliphatic rings. The third-order valence-electron chi connectivity index (χ3n) is 10.7. The van der Waals surface area contributed by atoms with Crippen LogP contribution in [0.15, 0.2) is 199 Å². The lowest BCUT2D eigenvalue weighted by Gasteiger charge is -2.11. The molecule has 0 atom stereocenters. The summed E-state index contributed by atoms with van der Waals surface area (Å²) in [4.78, 5) is 15.0. The third-order valence-corrected chi connectivity index (χ3v) is 10.7. The Balaban J connectivity index is 1.08. The number of hydrogen-bond donors (Lipinski definition) is 0. The van der Waals surface area contributed by atoms with Gasteiger partial charge in [-0.05, 0) is 58.7 Å². The number of rotatable bonds is 6. The molecule has 0 saturated carbocycles. The zero-order chi connectivity index (χ0) is 37.0. The van der Waals surface area contributed by atoms with Gasteiger partial charge in [-0.3, -0.25) is 0 Å². The van der Waals surface area contributed by atoms with Gasteiger partial charge in [0.05, 0.1) is 16.6 Å². The van der Waals surface area contributed by atoms with Crippen molar-refractivity contribution in [3.05, 3.63) is 194 Å². The molecule has 0 fully saturated rings. The normalized spacial score (nSPS) is 11.6. The second-order valence-electron chi connectivity index (χ2n) is 14.0. The number of para-hydroxylation sites is 2. The van der Waals surface area contributed by atoms with Crippen molar-refractivity contribution >= 4 is 43.7 Å². The molecular weight excluding hydrogens is 685 g/mol. The Kier molecular flexibility index (Phi) is 7.42. The zero-order valence-corrected chi connectivity index (χ0v) is 30.2. The van der Waals surface area contributed by atoms with Crippen molar-refractivity contribution in [2.45, 2.75) is 0 Å². The van der Waals surface area contributed by atoms with E-state index in [-0.39, 0.29) is 0 Å². The fraction of sp³-hybridized carbons (Fsp3) is 0. The number of fused-ring (bicyclic) bond motifs is 6. The monoisotopic (exact) mass is 716 g/mol. The van der Waals surface area contributed by atoms with Crippen molar-refractivity contribution in [1.82, 2.24) is 19.5 Å². The summed E-state index contributed by atoms with van der Waals surface area (Å²) < 4.78 is 9.14. The molecule has 0 bridgehead atoms. The van der Waals surface area contributed by atoms with Gasteiger partial charge in [0.2, 0.25) is 0 Å². The van der Waals surface area contributed by atoms with E-state index in [4.69, 9.17) is 19.4 Å². The van der Waals surface area contributed by atoms with Crippen molar-refractivity contribution in [1.29, 1.82) is 0 Å². The molecule has 0 saturated heterocycles. The van der Waals surface area contributed by atoms with Crippen LogP contribution in [-0.2, 0) is 0 Å². The Morgan fingerprint density at radius 1 is 0.357 bits per heavy atom. The lowest BCUT2D eigenvalue weighted by Crippen LogP contribution is -2.00. The van der Waals surface area contributed by atoms with E-state index in [1.54, 1.807) is 0 Å². The second kappa shape index (κ2) is 13.0. The van der Waals surface area contributed by atoms with E-state index in [1.165, 1.54) is 27.4 Å². The topological polar surface area (TPSA) is 56.7 Å². The smallest absolute Gasteiger partial charge is 0.167 e. The summed E-state index contributed by atoms with van der Waals surface area (Å²) in [5.74, 6) is 1.79. The van der Waals surface area contributed by atoms with Gasteiger partial charge in [0.25, 0.3) is 0 Å². The van der Waals surface area contributed by atoms with Crippen molar-refractivity contribution in [3.8, 4) is 62.1 Å². The summed E-state index contributed by atoms with van der Waals surface area (Å²) in [6.45, 7) is 0. The molecule has 5 nitrogen and oxygen atoms in total. The van der Waals surface area contributed by atoms with E-state index in [9.17, 15) is 0 Å². The number of aromatic nitrogens is 4. The quantitative estimate of drug-likeness (QED) is 0.172. The van der Waals surface area contributed by atoms with Gasteiger partial charge in [0.15, 0.2) is 17.5 Å². The van der Waals surface area contributed by atoms with Gasteiger partial charge in [-0.25, -0.2) is 15.0 Å². The highest BCUT2D eigenvalue weighted by molar-refractivity contribution is 6.16. The third kappa shape index (κ3) is 5.29. The van der Waals surface area contributed by atoms with E-state index in [0.29, 0.717) is 17.5 Å². The highest BCUT2D eigenvalue weighted by atomic mass is 16.3. The molecule has 0 amide bonds. The van der Waals surface area contributed by atoms with Crippen molar-refractivity contribution in [3.63, 3.8) is 0 Å². The van der Waals surface area contributed by atoms with Gasteiger partial charge < -0.3 is 8.98 Å². The van der Waals surface area contributed by atoms with Crippen molar-refractivity contribution in [2.75, 3.05) is 0 Å². The Labute approximate surface area is 322 Å². The van der Waals surface area contributed by atoms with Crippen LogP contribution >= 0.6 is 0 Å². The van der Waals surface area contributed by atoms with Crippen LogP contribution in [0.2, 0.25) is 0 Å². The molecule has 5 heteroatoms. The first-order valence-corrected chi connectivity index (χ1v) is 18.8. The molecule has 56 heavy (non-hydrogen) atoms. The minimum atomic E-state index is 0.563. The Hall–Kier alpha value is -7.63. The summed E-state index contributed by atoms with van der Waals surface area (Å²) in [6, 6.07) is 67.5. The molecule has 3 heterocycles. The van der Waals surface area contributed by atoms with Crippen LogP contribution in [0.4, 0.5) is 0 Å². The molecule has 3 aromatic heterocycles. The standard InChI is InChI=1S/C51H32N4O/c1-4-14-33(15-5-1)34-26-29-38(30-27-34)55-44-24-11-10-20-40(44)41-31-28-37(32-45(41)55)39-21-13-25-46-47(39)42-22-12-23-43(48(42)56-46)51-53-49(35-16-6-2-7-17-35)52-50(54-51)36-18-8-3-9-19-36/h1-32H. The molecular formula is C51H32N4O. The zero-order valence-electron chi connectivity index (χ0n) is 30.2. The van der Waals surface area contributed by atoms with E-state index < -0.39 is 0 Å². The fourth-order valence-corrected chi connectivity index (χ4v) is 8.04. The minimum Gasteiger partial charge on any atom is -0.455 e. The van der Waals surface area contributed by atoms with Gasteiger partial charge in [0.1, 0.15) is 11.2 Å². The lowest BCUT2D eigenvalue weighted by atomic mass is 9.97. The van der Waals surface area contributed by atoms with Crippen LogP contribution in [0, 0.1) is 0 Å². The van der Waals surface area contributed by atoms with Crippen LogP contribution in [0.25, 0.3) is 106 Å². The molecule has 262 valence electrons. The number of furan rings is 1. The molecule has 8 aromatic carbocycles. The van der Waals surface area contributed by atoms with Crippen LogP contribution in [0.1, 0.15) is 0 Å². The molecule has 0 aliphatic heterocycles. The minimum absolute atomic E-state index is 0.563. The van der Waals surface area contributed by atoms with Gasteiger partial charge in [0, 0.05) is 38.4 Å². The van der Waals surface area contributed by atoms with Crippen molar-refractivity contribution < 1.29 is 4.42 Å². The summed E-state index contributed by atoms with van der Waals surface area (Å²) in [6.07, 6.45) is 0. The largest absolute Gasteiger partial charge is 0.455 e. The van der Waals surface area contributed by atoms with Crippen molar-refractivity contribution in [2.24, 2.45) is 0 Å². The van der Waals surface area contributed by atoms with E-state index in [2.05, 4.69) is 126 Å². The molecule has 11 aromatic rings. The number of nitrogens with zero attached hydrogens (tertiary/aromatic N) is 4. The molecule has 0 N–H and O–H groups in total. The number of hydrogen-bond acceptors (Lipinski definition) is 4. The summed E-state index contributed by atoms with van der Waals surface area (Å²) >= 11 is 0. The average molecular weight is 717 g/mol. The Bertz CT molecular complexity index is 3160. The van der Waals surface area contributed by atoms with Gasteiger partial charge >= 0.3 is 0 Å². The molecule has 0 aliphatic carbocycles. The average Bonchev–Trinajstić information content (AvgIpc) is 3.83.